The summed E-state index contributed by atoms with van der Waals surface area (Å²) in [5.74, 6) is -1.54. The van der Waals surface area contributed by atoms with E-state index in [1.165, 1.54) is 29.0 Å². The number of anilines is 1. The molecule has 5 aromatic rings. The van der Waals surface area contributed by atoms with Gasteiger partial charge in [0.25, 0.3) is 0 Å². The maximum atomic E-state index is 15.1. The molecule has 0 amide bonds. The van der Waals surface area contributed by atoms with Crippen molar-refractivity contribution >= 4 is 16.9 Å². The molecule has 230 valence electrons. The minimum atomic E-state index is -5.03. The van der Waals surface area contributed by atoms with E-state index in [9.17, 15) is 31.1 Å². The van der Waals surface area contributed by atoms with Gasteiger partial charge in [0.2, 0.25) is 0 Å². The lowest BCUT2D eigenvalue weighted by Gasteiger charge is -2.13. The molecule has 1 aromatic carbocycles. The third-order valence-electron chi connectivity index (χ3n) is 6.66. The van der Waals surface area contributed by atoms with Crippen LogP contribution in [0.15, 0.2) is 59.7 Å². The zero-order valence-electron chi connectivity index (χ0n) is 22.5. The number of hydrogen-bond donors (Lipinski definition) is 2. The average Bonchev–Trinajstić information content (AvgIpc) is 3.38. The first-order valence-electron chi connectivity index (χ1n) is 12.9. The number of epoxide rings is 1. The quantitative estimate of drug-likeness (QED) is 0.160. The summed E-state index contributed by atoms with van der Waals surface area (Å²) in [6.45, 7) is 3.56. The van der Waals surface area contributed by atoms with Crippen LogP contribution in [0.2, 0.25) is 0 Å². The summed E-state index contributed by atoms with van der Waals surface area (Å²) in [5.41, 5.74) is -2.87. The van der Waals surface area contributed by atoms with Crippen LogP contribution in [0, 0.1) is 5.82 Å². The van der Waals surface area contributed by atoms with Crippen molar-refractivity contribution in [3.63, 3.8) is 0 Å². The van der Waals surface area contributed by atoms with Gasteiger partial charge >= 0.3 is 18.0 Å². The Bertz CT molecular complexity index is 1930. The molecule has 2 unspecified atom stereocenters. The topological polar surface area (TPSA) is 115 Å². The molecule has 0 saturated carbocycles. The van der Waals surface area contributed by atoms with Crippen LogP contribution >= 0.6 is 0 Å². The Kier molecular flexibility index (Phi) is 6.86. The fourth-order valence-electron chi connectivity index (χ4n) is 4.74. The maximum absolute atomic E-state index is 15.1. The van der Waals surface area contributed by atoms with Gasteiger partial charge < -0.3 is 14.8 Å². The summed E-state index contributed by atoms with van der Waals surface area (Å²) < 4.78 is 109. The molecule has 4 aromatic heterocycles. The lowest BCUT2D eigenvalue weighted by atomic mass is 10.1. The molecular formula is C27H20F7N7O3. The predicted molar refractivity (Wildman–Crippen MR) is 140 cm³/mol. The Hall–Kier alpha value is -4.93. The van der Waals surface area contributed by atoms with Gasteiger partial charge in [-0.15, -0.1) is 0 Å². The van der Waals surface area contributed by atoms with E-state index >= 15 is 4.39 Å². The first kappa shape index (κ1) is 29.2. The fraction of sp³-hybridized carbons (Fsp3) is 0.259. The SMILES string of the molecule is CC(C)n1c(=O)[nH]c2nccc(Oc3ccc(NC4OC4c4cnn(-c5cccc(C(F)(F)F)n5)c4C(F)(F)F)cc3F)c21. The molecule has 1 aliphatic rings. The molecule has 0 bridgehead atoms. The molecular weight excluding hydrogens is 603 g/mol. The van der Waals surface area contributed by atoms with Crippen molar-refractivity contribution in [1.82, 2.24) is 29.3 Å². The maximum Gasteiger partial charge on any atom is 0.433 e. The van der Waals surface area contributed by atoms with E-state index in [0.717, 1.165) is 24.4 Å². The van der Waals surface area contributed by atoms with Crippen molar-refractivity contribution < 1.29 is 40.2 Å². The number of benzene rings is 1. The molecule has 1 fully saturated rings. The number of ether oxygens (including phenoxy) is 2. The number of rotatable bonds is 7. The number of alkyl halides is 6. The number of aromatic nitrogens is 6. The van der Waals surface area contributed by atoms with Crippen molar-refractivity contribution in [2.45, 2.75) is 44.6 Å². The van der Waals surface area contributed by atoms with Crippen LogP contribution in [0.5, 0.6) is 11.5 Å². The third-order valence-corrected chi connectivity index (χ3v) is 6.66. The van der Waals surface area contributed by atoms with Crippen LogP contribution in [0.4, 0.5) is 36.4 Å². The van der Waals surface area contributed by atoms with Crippen LogP contribution in [0.25, 0.3) is 17.0 Å². The summed E-state index contributed by atoms with van der Waals surface area (Å²) >= 11 is 0. The van der Waals surface area contributed by atoms with E-state index < -0.39 is 59.0 Å². The Morgan fingerprint density at radius 1 is 1.05 bits per heavy atom. The second kappa shape index (κ2) is 10.4. The second-order valence-electron chi connectivity index (χ2n) is 10.0. The average molecular weight is 623 g/mol. The van der Waals surface area contributed by atoms with Gasteiger partial charge in [-0.2, -0.15) is 31.4 Å². The number of pyridine rings is 2. The normalized spacial score (nSPS) is 17.0. The number of H-pyrrole nitrogens is 1. The summed E-state index contributed by atoms with van der Waals surface area (Å²) in [7, 11) is 0. The number of fused-ring (bicyclic) bond motifs is 1. The first-order valence-corrected chi connectivity index (χ1v) is 12.9. The van der Waals surface area contributed by atoms with Gasteiger partial charge in [0, 0.05) is 35.6 Å². The van der Waals surface area contributed by atoms with Crippen molar-refractivity contribution in [2.24, 2.45) is 0 Å². The summed E-state index contributed by atoms with van der Waals surface area (Å²) in [6.07, 6.45) is -9.91. The van der Waals surface area contributed by atoms with Gasteiger partial charge in [0.15, 0.2) is 40.7 Å². The van der Waals surface area contributed by atoms with E-state index in [0.29, 0.717) is 11.6 Å². The number of nitrogens with zero attached hydrogens (tertiary/aromatic N) is 5. The second-order valence-corrected chi connectivity index (χ2v) is 10.0. The molecule has 0 aliphatic carbocycles. The van der Waals surface area contributed by atoms with Gasteiger partial charge in [0.05, 0.1) is 6.20 Å². The van der Waals surface area contributed by atoms with Crippen LogP contribution in [0.3, 0.4) is 0 Å². The zero-order valence-corrected chi connectivity index (χ0v) is 22.5. The molecule has 1 saturated heterocycles. The van der Waals surface area contributed by atoms with E-state index in [1.54, 1.807) is 13.8 Å². The number of nitrogens with one attached hydrogen (secondary N) is 2. The highest BCUT2D eigenvalue weighted by atomic mass is 19.4. The molecule has 2 atom stereocenters. The van der Waals surface area contributed by atoms with Crippen molar-refractivity contribution in [1.29, 1.82) is 0 Å². The van der Waals surface area contributed by atoms with Gasteiger partial charge in [-0.25, -0.2) is 23.8 Å². The fourth-order valence-corrected chi connectivity index (χ4v) is 4.74. The van der Waals surface area contributed by atoms with Crippen LogP contribution < -0.4 is 15.7 Å². The summed E-state index contributed by atoms with van der Waals surface area (Å²) in [5, 5.41) is 6.40. The van der Waals surface area contributed by atoms with E-state index in [-0.39, 0.29) is 33.6 Å². The number of hydrogen-bond acceptors (Lipinski definition) is 7. The molecule has 0 radical (unpaired) electrons. The number of halogens is 7. The number of aromatic amines is 1. The first-order chi connectivity index (χ1) is 20.7. The largest absolute Gasteiger partial charge is 0.452 e. The molecule has 6 rings (SSSR count). The van der Waals surface area contributed by atoms with Gasteiger partial charge in [-0.1, -0.05) is 6.07 Å². The lowest BCUT2D eigenvalue weighted by Crippen LogP contribution is -2.18. The smallest absolute Gasteiger partial charge is 0.433 e. The van der Waals surface area contributed by atoms with Crippen molar-refractivity contribution in [2.75, 3.05) is 5.32 Å². The molecule has 17 heteroatoms. The Balaban J connectivity index is 1.22. The summed E-state index contributed by atoms with van der Waals surface area (Å²) in [4.78, 5) is 22.4. The van der Waals surface area contributed by atoms with E-state index in [2.05, 4.69) is 25.4 Å². The predicted octanol–water partition coefficient (Wildman–Crippen LogP) is 6.36. The number of imidazole rings is 1. The van der Waals surface area contributed by atoms with E-state index in [1.807, 2.05) is 0 Å². The Labute approximate surface area is 242 Å². The van der Waals surface area contributed by atoms with Crippen molar-refractivity contribution in [3.8, 4) is 17.3 Å². The minimum absolute atomic E-state index is 0.142. The van der Waals surface area contributed by atoms with Gasteiger partial charge in [0.1, 0.15) is 17.3 Å². The molecule has 2 N–H and O–H groups in total. The molecule has 5 heterocycles. The lowest BCUT2D eigenvalue weighted by molar-refractivity contribution is -0.143. The van der Waals surface area contributed by atoms with Gasteiger partial charge in [-0.05, 0) is 38.1 Å². The standard InChI is InChI=1S/C27H20F7N7O3/c1-12(2)40-20-17(8-9-35-23(20)39-25(40)42)43-16-7-6-13(10-15(16)28)37-24-21(44-24)14-11-36-41(22(14)27(32,33)34)19-5-3-4-18(38-19)26(29,30)31/h3-12,21,24,37H,1-2H3,(H,35,39,42). The highest BCUT2D eigenvalue weighted by molar-refractivity contribution is 5.78. The summed E-state index contributed by atoms with van der Waals surface area (Å²) in [6, 6.07) is 7.46. The Morgan fingerprint density at radius 2 is 1.82 bits per heavy atom. The highest BCUT2D eigenvalue weighted by Crippen LogP contribution is 2.46. The minimum Gasteiger partial charge on any atom is -0.452 e. The van der Waals surface area contributed by atoms with Gasteiger partial charge in [-0.3, -0.25) is 9.55 Å². The monoisotopic (exact) mass is 623 g/mol. The molecule has 0 spiro atoms. The Morgan fingerprint density at radius 3 is 2.50 bits per heavy atom. The highest BCUT2D eigenvalue weighted by Gasteiger charge is 2.49. The molecule has 44 heavy (non-hydrogen) atoms. The van der Waals surface area contributed by atoms with Crippen LogP contribution in [0.1, 0.15) is 42.9 Å². The zero-order chi connectivity index (χ0) is 31.6. The molecule has 1 aliphatic heterocycles. The third kappa shape index (κ3) is 5.34. The molecule has 10 nitrogen and oxygen atoms in total. The van der Waals surface area contributed by atoms with Crippen LogP contribution in [-0.2, 0) is 17.1 Å². The van der Waals surface area contributed by atoms with Crippen LogP contribution in [-0.4, -0.2) is 35.5 Å². The van der Waals surface area contributed by atoms with Crippen molar-refractivity contribution in [3.05, 3.63) is 88.1 Å². The van der Waals surface area contributed by atoms with E-state index in [4.69, 9.17) is 9.47 Å².